The zero-order chi connectivity index (χ0) is 25.3. The highest BCUT2D eigenvalue weighted by molar-refractivity contribution is 5.84. The average Bonchev–Trinajstić information content (AvgIpc) is 3.27. The lowest BCUT2D eigenvalue weighted by Gasteiger charge is -2.36. The molecule has 1 saturated carbocycles. The second-order valence-corrected chi connectivity index (χ2v) is 11.8. The summed E-state index contributed by atoms with van der Waals surface area (Å²) in [6, 6.07) is 1.48. The summed E-state index contributed by atoms with van der Waals surface area (Å²) in [6.07, 6.45) is 6.88. The van der Waals surface area contributed by atoms with Crippen molar-refractivity contribution in [2.45, 2.75) is 123 Å². The number of carbonyl (C=O) groups excluding carboxylic acids is 2. The van der Waals surface area contributed by atoms with Crippen LogP contribution in [0.15, 0.2) is 12.3 Å². The third kappa shape index (κ3) is 6.29. The van der Waals surface area contributed by atoms with E-state index in [2.05, 4.69) is 23.3 Å². The zero-order valence-corrected chi connectivity index (χ0v) is 22.1. The highest BCUT2D eigenvalue weighted by Gasteiger charge is 2.59. The molecule has 0 spiro atoms. The first kappa shape index (κ1) is 26.5. The average molecular weight is 475 g/mol. The molecule has 2 fully saturated rings. The summed E-state index contributed by atoms with van der Waals surface area (Å²) in [6.45, 7) is 15.1. The molecule has 1 aromatic heterocycles. The molecule has 0 bridgehead atoms. The number of hydrogen-bond acceptors (Lipinski definition) is 6. The summed E-state index contributed by atoms with van der Waals surface area (Å²) in [5.74, 6) is -0.876. The van der Waals surface area contributed by atoms with Crippen molar-refractivity contribution in [3.63, 3.8) is 0 Å². The van der Waals surface area contributed by atoms with Gasteiger partial charge in [-0.2, -0.15) is 0 Å². The van der Waals surface area contributed by atoms with Gasteiger partial charge in [0, 0.05) is 32.2 Å². The van der Waals surface area contributed by atoms with Crippen LogP contribution >= 0.6 is 0 Å². The SMILES string of the molecule is Cc1cnc(C[C@]2([C@H](CC(C)C)NC(=O)OC(C)(C)C)OC(C)(C)OC2=O)cc1C1CCCC1. The highest BCUT2D eigenvalue weighted by Crippen LogP contribution is 2.40. The third-order valence-corrected chi connectivity index (χ3v) is 6.51. The monoisotopic (exact) mass is 474 g/mol. The highest BCUT2D eigenvalue weighted by atomic mass is 16.8. The van der Waals surface area contributed by atoms with Crippen LogP contribution in [0.3, 0.4) is 0 Å². The fourth-order valence-electron chi connectivity index (χ4n) is 5.17. The number of nitrogens with zero attached hydrogens (tertiary/aromatic N) is 1. The van der Waals surface area contributed by atoms with E-state index in [1.165, 1.54) is 36.8 Å². The van der Waals surface area contributed by atoms with E-state index in [0.29, 0.717) is 12.3 Å². The van der Waals surface area contributed by atoms with Crippen LogP contribution in [0.1, 0.15) is 103 Å². The quantitative estimate of drug-likeness (QED) is 0.519. The molecule has 1 aliphatic carbocycles. The Morgan fingerprint density at radius 2 is 1.91 bits per heavy atom. The van der Waals surface area contributed by atoms with Gasteiger partial charge in [-0.05, 0) is 76.0 Å². The molecule has 1 aliphatic heterocycles. The largest absolute Gasteiger partial charge is 0.444 e. The van der Waals surface area contributed by atoms with Crippen molar-refractivity contribution in [3.05, 3.63) is 29.1 Å². The van der Waals surface area contributed by atoms with Crippen LogP contribution in [0.25, 0.3) is 0 Å². The molecule has 2 atom stereocenters. The van der Waals surface area contributed by atoms with E-state index in [-0.39, 0.29) is 12.3 Å². The minimum absolute atomic E-state index is 0.192. The number of aryl methyl sites for hydroxylation is 1. The van der Waals surface area contributed by atoms with Crippen molar-refractivity contribution < 1.29 is 23.8 Å². The van der Waals surface area contributed by atoms with E-state index >= 15 is 0 Å². The fraction of sp³-hybridized carbons (Fsp3) is 0.741. The van der Waals surface area contributed by atoms with E-state index < -0.39 is 35.1 Å². The Hall–Kier alpha value is -2.15. The Kier molecular flexibility index (Phi) is 7.66. The summed E-state index contributed by atoms with van der Waals surface area (Å²) in [5.41, 5.74) is 1.17. The molecule has 1 aromatic rings. The maximum Gasteiger partial charge on any atom is 0.407 e. The van der Waals surface area contributed by atoms with Gasteiger partial charge in [0.2, 0.25) is 5.79 Å². The van der Waals surface area contributed by atoms with Crippen LogP contribution in [0, 0.1) is 12.8 Å². The van der Waals surface area contributed by atoms with E-state index in [4.69, 9.17) is 14.2 Å². The number of ether oxygens (including phenoxy) is 3. The summed E-state index contributed by atoms with van der Waals surface area (Å²) in [4.78, 5) is 30.9. The molecular weight excluding hydrogens is 432 g/mol. The number of esters is 1. The maximum absolute atomic E-state index is 13.4. The molecule has 7 nitrogen and oxygen atoms in total. The number of aromatic nitrogens is 1. The molecule has 0 radical (unpaired) electrons. The molecule has 34 heavy (non-hydrogen) atoms. The number of pyridine rings is 1. The van der Waals surface area contributed by atoms with Crippen molar-refractivity contribution in [3.8, 4) is 0 Å². The summed E-state index contributed by atoms with van der Waals surface area (Å²) < 4.78 is 17.5. The Balaban J connectivity index is 1.99. The van der Waals surface area contributed by atoms with Gasteiger partial charge in [-0.3, -0.25) is 4.98 Å². The molecule has 1 saturated heterocycles. The number of alkyl carbamates (subject to hydrolysis) is 1. The minimum Gasteiger partial charge on any atom is -0.444 e. The van der Waals surface area contributed by atoms with Crippen LogP contribution in [-0.4, -0.2) is 40.1 Å². The normalized spacial score (nSPS) is 23.7. The van der Waals surface area contributed by atoms with Gasteiger partial charge in [0.25, 0.3) is 0 Å². The topological polar surface area (TPSA) is 86.8 Å². The van der Waals surface area contributed by atoms with Crippen molar-refractivity contribution in [2.24, 2.45) is 5.92 Å². The smallest absolute Gasteiger partial charge is 0.407 e. The number of amides is 1. The number of cyclic esters (lactones) is 1. The van der Waals surface area contributed by atoms with Crippen molar-refractivity contribution in [1.29, 1.82) is 0 Å². The van der Waals surface area contributed by atoms with Gasteiger partial charge in [0.1, 0.15) is 5.60 Å². The minimum atomic E-state index is -1.40. The first-order valence-corrected chi connectivity index (χ1v) is 12.6. The zero-order valence-electron chi connectivity index (χ0n) is 22.1. The molecule has 0 aromatic carbocycles. The van der Waals surface area contributed by atoms with Crippen molar-refractivity contribution in [2.75, 3.05) is 0 Å². The van der Waals surface area contributed by atoms with Crippen LogP contribution in [0.2, 0.25) is 0 Å². The molecule has 2 aliphatic rings. The van der Waals surface area contributed by atoms with Gasteiger partial charge in [-0.1, -0.05) is 26.7 Å². The molecule has 190 valence electrons. The van der Waals surface area contributed by atoms with Crippen molar-refractivity contribution in [1.82, 2.24) is 10.3 Å². The van der Waals surface area contributed by atoms with Crippen LogP contribution in [0.4, 0.5) is 4.79 Å². The second-order valence-electron chi connectivity index (χ2n) is 11.8. The van der Waals surface area contributed by atoms with Gasteiger partial charge in [0.05, 0.1) is 6.04 Å². The van der Waals surface area contributed by atoms with Gasteiger partial charge in [-0.15, -0.1) is 0 Å². The molecular formula is C27H42N2O5. The number of carbonyl (C=O) groups is 2. The summed E-state index contributed by atoms with van der Waals surface area (Å²) >= 11 is 0. The Morgan fingerprint density at radius 3 is 2.44 bits per heavy atom. The van der Waals surface area contributed by atoms with Crippen LogP contribution in [-0.2, 0) is 25.4 Å². The number of nitrogens with one attached hydrogen (secondary N) is 1. The second kappa shape index (κ2) is 9.84. The number of rotatable bonds is 7. The van der Waals surface area contributed by atoms with E-state index in [0.717, 1.165) is 5.69 Å². The Morgan fingerprint density at radius 1 is 1.26 bits per heavy atom. The maximum atomic E-state index is 13.4. The molecule has 7 heteroatoms. The van der Waals surface area contributed by atoms with Crippen molar-refractivity contribution >= 4 is 12.1 Å². The molecule has 0 unspecified atom stereocenters. The van der Waals surface area contributed by atoms with E-state index in [1.54, 1.807) is 13.8 Å². The Labute approximate surface area is 204 Å². The first-order chi connectivity index (χ1) is 15.7. The van der Waals surface area contributed by atoms with Gasteiger partial charge < -0.3 is 19.5 Å². The fourth-order valence-corrected chi connectivity index (χ4v) is 5.17. The number of hydrogen-bond donors (Lipinski definition) is 1. The third-order valence-electron chi connectivity index (χ3n) is 6.51. The predicted octanol–water partition coefficient (Wildman–Crippen LogP) is 5.58. The summed E-state index contributed by atoms with van der Waals surface area (Å²) in [5, 5.41) is 2.94. The predicted molar refractivity (Wildman–Crippen MR) is 130 cm³/mol. The lowest BCUT2D eigenvalue weighted by molar-refractivity contribution is -0.170. The van der Waals surface area contributed by atoms with E-state index in [1.807, 2.05) is 40.8 Å². The van der Waals surface area contributed by atoms with E-state index in [9.17, 15) is 9.59 Å². The Bertz CT molecular complexity index is 899. The van der Waals surface area contributed by atoms with Gasteiger partial charge in [-0.25, -0.2) is 9.59 Å². The molecule has 3 rings (SSSR count). The van der Waals surface area contributed by atoms with Crippen LogP contribution < -0.4 is 5.32 Å². The lowest BCUT2D eigenvalue weighted by atomic mass is 9.83. The van der Waals surface area contributed by atoms with Gasteiger partial charge in [0.15, 0.2) is 5.60 Å². The van der Waals surface area contributed by atoms with Crippen LogP contribution in [0.5, 0.6) is 0 Å². The molecule has 1 amide bonds. The molecule has 1 N–H and O–H groups in total. The lowest BCUT2D eigenvalue weighted by Crippen LogP contribution is -2.59. The van der Waals surface area contributed by atoms with Gasteiger partial charge >= 0.3 is 12.1 Å². The standard InChI is InChI=1S/C27H42N2O5/c1-17(2)13-22(29-24(31)33-25(4,5)6)27(23(30)32-26(7,8)34-27)15-20-14-21(18(3)16-28-20)19-11-9-10-12-19/h14,16-17,19,22H,9-13,15H2,1-8H3,(H,29,31)/t22-,27+/m0/s1. The first-order valence-electron chi connectivity index (χ1n) is 12.6. The molecule has 2 heterocycles. The summed E-state index contributed by atoms with van der Waals surface area (Å²) in [7, 11) is 0.